The summed E-state index contributed by atoms with van der Waals surface area (Å²) in [6, 6.07) is 14.7. The van der Waals surface area contributed by atoms with Crippen molar-refractivity contribution in [1.82, 2.24) is 10.2 Å². The van der Waals surface area contributed by atoms with Crippen LogP contribution in [-0.2, 0) is 17.8 Å². The first kappa shape index (κ1) is 19.0. The van der Waals surface area contributed by atoms with Crippen molar-refractivity contribution < 1.29 is 14.3 Å². The van der Waals surface area contributed by atoms with Crippen molar-refractivity contribution in [2.45, 2.75) is 32.9 Å². The van der Waals surface area contributed by atoms with Crippen LogP contribution in [0.3, 0.4) is 0 Å². The van der Waals surface area contributed by atoms with Crippen LogP contribution in [0.5, 0.6) is 5.75 Å². The van der Waals surface area contributed by atoms with Crippen LogP contribution in [0.1, 0.15) is 35.3 Å². The molecule has 27 heavy (non-hydrogen) atoms. The lowest BCUT2D eigenvalue weighted by atomic mass is 9.97. The Bertz CT molecular complexity index is 832. The molecule has 1 heterocycles. The Morgan fingerprint density at radius 2 is 1.70 bits per heavy atom. The Labute approximate surface area is 160 Å². The number of ether oxygens (including phenoxy) is 1. The van der Waals surface area contributed by atoms with E-state index in [4.69, 9.17) is 4.74 Å². The van der Waals surface area contributed by atoms with Crippen LogP contribution in [0.25, 0.3) is 0 Å². The summed E-state index contributed by atoms with van der Waals surface area (Å²) in [6.45, 7) is 5.15. The number of benzene rings is 2. The second kappa shape index (κ2) is 8.25. The van der Waals surface area contributed by atoms with Crippen molar-refractivity contribution in [3.63, 3.8) is 0 Å². The van der Waals surface area contributed by atoms with E-state index in [-0.39, 0.29) is 17.7 Å². The van der Waals surface area contributed by atoms with Crippen LogP contribution in [0.4, 0.5) is 0 Å². The zero-order chi connectivity index (χ0) is 19.4. The molecule has 5 heteroatoms. The van der Waals surface area contributed by atoms with Gasteiger partial charge in [0.15, 0.2) is 0 Å². The molecular weight excluding hydrogens is 340 g/mol. The number of carbonyl (C=O) groups is 2. The fourth-order valence-electron chi connectivity index (χ4n) is 3.45. The third-order valence-electron chi connectivity index (χ3n) is 5.01. The molecule has 1 aliphatic heterocycles. The maximum Gasteiger partial charge on any atom is 0.255 e. The molecule has 0 spiro atoms. The summed E-state index contributed by atoms with van der Waals surface area (Å²) < 4.78 is 5.27. The third-order valence-corrected chi connectivity index (χ3v) is 5.01. The van der Waals surface area contributed by atoms with Gasteiger partial charge in [-0.1, -0.05) is 50.2 Å². The Balaban J connectivity index is 1.76. The Morgan fingerprint density at radius 3 is 2.41 bits per heavy atom. The van der Waals surface area contributed by atoms with E-state index in [2.05, 4.69) is 17.4 Å². The molecule has 2 amide bonds. The van der Waals surface area contributed by atoms with Gasteiger partial charge in [0.25, 0.3) is 5.91 Å². The maximum atomic E-state index is 13.2. The van der Waals surface area contributed by atoms with E-state index in [9.17, 15) is 9.59 Å². The molecule has 3 rings (SSSR count). The van der Waals surface area contributed by atoms with Gasteiger partial charge in [-0.15, -0.1) is 0 Å². The van der Waals surface area contributed by atoms with Gasteiger partial charge in [-0.2, -0.15) is 0 Å². The van der Waals surface area contributed by atoms with Gasteiger partial charge in [0.1, 0.15) is 11.8 Å². The van der Waals surface area contributed by atoms with Gasteiger partial charge < -0.3 is 15.0 Å². The lowest BCUT2D eigenvalue weighted by molar-refractivity contribution is -0.135. The van der Waals surface area contributed by atoms with Crippen LogP contribution in [0.2, 0.25) is 0 Å². The van der Waals surface area contributed by atoms with Crippen molar-refractivity contribution in [2.24, 2.45) is 5.92 Å². The fourth-order valence-corrected chi connectivity index (χ4v) is 3.45. The number of carbonyl (C=O) groups excluding carboxylic acids is 2. The molecule has 0 aliphatic carbocycles. The molecule has 0 bridgehead atoms. The fraction of sp³-hybridized carbons (Fsp3) is 0.364. The highest BCUT2D eigenvalue weighted by Crippen LogP contribution is 2.21. The first-order valence-electron chi connectivity index (χ1n) is 9.30. The zero-order valence-electron chi connectivity index (χ0n) is 16.1. The Kier molecular flexibility index (Phi) is 5.79. The van der Waals surface area contributed by atoms with E-state index in [1.165, 1.54) is 18.2 Å². The molecule has 142 valence electrons. The highest BCUT2D eigenvalue weighted by molar-refractivity contribution is 5.99. The molecular formula is C22H26N2O3. The molecule has 0 saturated heterocycles. The standard InChI is InChI=1S/C22H26N2O3/c1-15(2)20(23-21(25)18-10-6-7-11-19(18)27-3)22(26)24-13-12-16-8-4-5-9-17(16)14-24/h4-11,15,20H,12-14H2,1-3H3,(H,23,25)/t20-/m0/s1. The summed E-state index contributed by atoms with van der Waals surface area (Å²) in [5, 5.41) is 2.92. The Morgan fingerprint density at radius 1 is 1.04 bits per heavy atom. The smallest absolute Gasteiger partial charge is 0.255 e. The molecule has 2 aromatic carbocycles. The van der Waals surface area contributed by atoms with E-state index < -0.39 is 6.04 Å². The number of hydrogen-bond donors (Lipinski definition) is 1. The largest absolute Gasteiger partial charge is 0.496 e. The molecule has 0 saturated carbocycles. The summed E-state index contributed by atoms with van der Waals surface area (Å²) in [5.41, 5.74) is 2.90. The second-order valence-corrected chi connectivity index (χ2v) is 7.17. The minimum Gasteiger partial charge on any atom is -0.496 e. The highest BCUT2D eigenvalue weighted by Gasteiger charge is 2.31. The number of nitrogens with zero attached hydrogens (tertiary/aromatic N) is 1. The average molecular weight is 366 g/mol. The van der Waals surface area contributed by atoms with E-state index in [0.29, 0.717) is 24.4 Å². The van der Waals surface area contributed by atoms with E-state index >= 15 is 0 Å². The molecule has 2 aromatic rings. The predicted octanol–water partition coefficient (Wildman–Crippen LogP) is 3.03. The normalized spacial score (nSPS) is 14.4. The number of methoxy groups -OCH3 is 1. The van der Waals surface area contributed by atoms with Gasteiger partial charge in [0.05, 0.1) is 12.7 Å². The Hall–Kier alpha value is -2.82. The number of para-hydroxylation sites is 1. The van der Waals surface area contributed by atoms with E-state index in [0.717, 1.165) is 6.42 Å². The molecule has 1 aliphatic rings. The molecule has 0 radical (unpaired) electrons. The summed E-state index contributed by atoms with van der Waals surface area (Å²) in [7, 11) is 1.53. The van der Waals surface area contributed by atoms with Gasteiger partial charge in [-0.25, -0.2) is 0 Å². The van der Waals surface area contributed by atoms with Gasteiger partial charge in [0.2, 0.25) is 5.91 Å². The van der Waals surface area contributed by atoms with Gasteiger partial charge in [-0.3, -0.25) is 9.59 Å². The number of amides is 2. The van der Waals surface area contributed by atoms with Crippen molar-refractivity contribution in [1.29, 1.82) is 0 Å². The summed E-state index contributed by atoms with van der Waals surface area (Å²) >= 11 is 0. The summed E-state index contributed by atoms with van der Waals surface area (Å²) in [6.07, 6.45) is 0.840. The maximum absolute atomic E-state index is 13.2. The number of hydrogen-bond acceptors (Lipinski definition) is 3. The zero-order valence-corrected chi connectivity index (χ0v) is 16.1. The van der Waals surface area contributed by atoms with Crippen molar-refractivity contribution in [3.05, 3.63) is 65.2 Å². The van der Waals surface area contributed by atoms with Crippen LogP contribution in [0, 0.1) is 5.92 Å². The van der Waals surface area contributed by atoms with Gasteiger partial charge in [0, 0.05) is 13.1 Å². The lowest BCUT2D eigenvalue weighted by Gasteiger charge is -2.33. The lowest BCUT2D eigenvalue weighted by Crippen LogP contribution is -2.52. The number of rotatable bonds is 5. The summed E-state index contributed by atoms with van der Waals surface area (Å²) in [4.78, 5) is 27.8. The van der Waals surface area contributed by atoms with Crippen molar-refractivity contribution >= 4 is 11.8 Å². The summed E-state index contributed by atoms with van der Waals surface area (Å²) in [5.74, 6) is 0.143. The van der Waals surface area contributed by atoms with Crippen LogP contribution in [-0.4, -0.2) is 36.4 Å². The average Bonchev–Trinajstić information content (AvgIpc) is 2.70. The minimum absolute atomic E-state index is 0.0201. The quantitative estimate of drug-likeness (QED) is 0.885. The monoisotopic (exact) mass is 366 g/mol. The molecule has 1 atom stereocenters. The number of nitrogens with one attached hydrogen (secondary N) is 1. The van der Waals surface area contributed by atoms with Gasteiger partial charge >= 0.3 is 0 Å². The van der Waals surface area contributed by atoms with E-state index in [1.807, 2.05) is 36.9 Å². The van der Waals surface area contributed by atoms with Crippen LogP contribution in [0.15, 0.2) is 48.5 Å². The first-order valence-corrected chi connectivity index (χ1v) is 9.30. The van der Waals surface area contributed by atoms with Crippen LogP contribution >= 0.6 is 0 Å². The molecule has 0 unspecified atom stereocenters. The molecule has 0 aromatic heterocycles. The van der Waals surface area contributed by atoms with Crippen molar-refractivity contribution in [2.75, 3.05) is 13.7 Å². The topological polar surface area (TPSA) is 58.6 Å². The van der Waals surface area contributed by atoms with Crippen molar-refractivity contribution in [3.8, 4) is 5.75 Å². The minimum atomic E-state index is -0.576. The SMILES string of the molecule is COc1ccccc1C(=O)N[C@H](C(=O)N1CCc2ccccc2C1)C(C)C. The van der Waals surface area contributed by atoms with E-state index in [1.54, 1.807) is 18.2 Å². The second-order valence-electron chi connectivity index (χ2n) is 7.17. The van der Waals surface area contributed by atoms with Crippen LogP contribution < -0.4 is 10.1 Å². The molecule has 1 N–H and O–H groups in total. The molecule has 5 nitrogen and oxygen atoms in total. The third kappa shape index (κ3) is 4.13. The number of fused-ring (bicyclic) bond motifs is 1. The predicted molar refractivity (Wildman–Crippen MR) is 105 cm³/mol. The highest BCUT2D eigenvalue weighted by atomic mass is 16.5. The van der Waals surface area contributed by atoms with Gasteiger partial charge in [-0.05, 0) is 35.6 Å². The molecule has 0 fully saturated rings. The first-order chi connectivity index (χ1) is 13.0.